The second-order valence-electron chi connectivity index (χ2n) is 6.13. The zero-order valence-electron chi connectivity index (χ0n) is 16.2. The fourth-order valence-corrected chi connectivity index (χ4v) is 2.74. The van der Waals surface area contributed by atoms with Gasteiger partial charge in [-0.3, -0.25) is 5.32 Å². The molecule has 1 aromatic heterocycles. The molecule has 3 aromatic rings. The Morgan fingerprint density at radius 3 is 2.65 bits per heavy atom. The van der Waals surface area contributed by atoms with Crippen LogP contribution in [0.15, 0.2) is 57.7 Å². The molecule has 0 bridgehead atoms. The van der Waals surface area contributed by atoms with Crippen LogP contribution >= 0.6 is 0 Å². The van der Waals surface area contributed by atoms with Crippen molar-refractivity contribution in [2.24, 2.45) is 0 Å². The largest absolute Gasteiger partial charge is 0.457 e. The number of nitrogens with one attached hydrogen (secondary N) is 1. The number of hydrogen-bond acceptors (Lipinski definition) is 7. The number of hydrogen-bond donors (Lipinski definition) is 1. The van der Waals surface area contributed by atoms with Crippen molar-refractivity contribution in [1.82, 2.24) is 0 Å². The zero-order valence-corrected chi connectivity index (χ0v) is 16.2. The van der Waals surface area contributed by atoms with Crippen molar-refractivity contribution in [3.05, 3.63) is 70.1 Å². The van der Waals surface area contributed by atoms with E-state index in [0.29, 0.717) is 16.6 Å². The van der Waals surface area contributed by atoms with E-state index in [1.54, 1.807) is 19.1 Å². The van der Waals surface area contributed by atoms with Gasteiger partial charge in [-0.15, -0.1) is 0 Å². The molecule has 0 fully saturated rings. The normalized spacial score (nSPS) is 10.7. The van der Waals surface area contributed by atoms with Crippen molar-refractivity contribution >= 4 is 28.7 Å². The topological polar surface area (TPSA) is 104 Å². The van der Waals surface area contributed by atoms with E-state index in [-0.39, 0.29) is 30.1 Å². The first-order chi connectivity index (χ1) is 14.9. The minimum Gasteiger partial charge on any atom is -0.457 e. The van der Waals surface area contributed by atoms with E-state index in [4.69, 9.17) is 13.9 Å². The first-order valence-corrected chi connectivity index (χ1v) is 9.08. The van der Waals surface area contributed by atoms with Gasteiger partial charge >= 0.3 is 24.3 Å². The second kappa shape index (κ2) is 9.70. The number of ether oxygens (including phenoxy) is 3. The maximum atomic E-state index is 12.3. The molecular formula is C21H17F2NO7. The zero-order chi connectivity index (χ0) is 22.4. The lowest BCUT2D eigenvalue weighted by Gasteiger charge is -2.10. The fraction of sp³-hybridized carbons (Fsp3) is 0.190. The van der Waals surface area contributed by atoms with E-state index >= 15 is 0 Å². The molecule has 1 amide bonds. The molecular weight excluding hydrogens is 416 g/mol. The summed E-state index contributed by atoms with van der Waals surface area (Å²) in [5.74, 6) is -0.974. The van der Waals surface area contributed by atoms with Gasteiger partial charge in [-0.2, -0.15) is 8.78 Å². The molecule has 3 rings (SSSR count). The Labute approximate surface area is 174 Å². The number of halogens is 2. The van der Waals surface area contributed by atoms with E-state index in [2.05, 4.69) is 10.1 Å². The van der Waals surface area contributed by atoms with Gasteiger partial charge in [0.15, 0.2) is 0 Å². The summed E-state index contributed by atoms with van der Waals surface area (Å²) in [6.45, 7) is -1.44. The summed E-state index contributed by atoms with van der Waals surface area (Å²) in [4.78, 5) is 35.7. The summed E-state index contributed by atoms with van der Waals surface area (Å²) in [6.07, 6.45) is -0.660. The highest BCUT2D eigenvalue weighted by Gasteiger charge is 2.14. The number of esters is 1. The lowest BCUT2D eigenvalue weighted by atomic mass is 10.1. The van der Waals surface area contributed by atoms with Gasteiger partial charge in [-0.25, -0.2) is 14.4 Å². The maximum absolute atomic E-state index is 12.3. The van der Waals surface area contributed by atoms with Crippen LogP contribution in [0.2, 0.25) is 0 Å². The van der Waals surface area contributed by atoms with Crippen molar-refractivity contribution < 1.29 is 37.0 Å². The molecule has 1 N–H and O–H groups in total. The van der Waals surface area contributed by atoms with Crippen LogP contribution in [-0.2, 0) is 16.1 Å². The SMILES string of the molecule is CCOC(=O)Nc1ccc2c(COC(=O)c3cccc(OC(F)F)c3)cc(=O)oc2c1. The van der Waals surface area contributed by atoms with Gasteiger partial charge in [-0.1, -0.05) is 6.07 Å². The molecule has 0 aliphatic rings. The number of rotatable bonds is 7. The summed E-state index contributed by atoms with van der Waals surface area (Å²) < 4.78 is 44.1. The number of amides is 1. The van der Waals surface area contributed by atoms with Crippen molar-refractivity contribution in [2.75, 3.05) is 11.9 Å². The number of anilines is 1. The molecule has 0 saturated heterocycles. The smallest absolute Gasteiger partial charge is 0.411 e. The third-order valence-electron chi connectivity index (χ3n) is 4.01. The average molecular weight is 433 g/mol. The summed E-state index contributed by atoms with van der Waals surface area (Å²) in [7, 11) is 0. The Hall–Kier alpha value is -3.95. The standard InChI is InChI=1S/C21H17F2NO7/c1-2-28-21(27)24-14-6-7-16-13(9-18(25)31-17(16)10-14)11-29-19(26)12-4-3-5-15(8-12)30-20(22)23/h3-10,20H,2,11H2,1H3,(H,24,27). The number of carbonyl (C=O) groups excluding carboxylic acids is 2. The summed E-state index contributed by atoms with van der Waals surface area (Å²) in [6, 6.07) is 10.9. The number of alkyl halides is 2. The minimum atomic E-state index is -3.02. The number of benzene rings is 2. The molecule has 0 spiro atoms. The molecule has 0 aliphatic heterocycles. The van der Waals surface area contributed by atoms with Gasteiger partial charge in [0, 0.05) is 28.8 Å². The Morgan fingerprint density at radius 2 is 1.90 bits per heavy atom. The molecule has 1 heterocycles. The van der Waals surface area contributed by atoms with Crippen molar-refractivity contribution in [1.29, 1.82) is 0 Å². The lowest BCUT2D eigenvalue weighted by Crippen LogP contribution is -2.13. The Morgan fingerprint density at radius 1 is 1.10 bits per heavy atom. The van der Waals surface area contributed by atoms with Gasteiger partial charge in [0.2, 0.25) is 0 Å². The van der Waals surface area contributed by atoms with E-state index in [0.717, 1.165) is 6.07 Å². The quantitative estimate of drug-likeness (QED) is 0.437. The van der Waals surface area contributed by atoms with Crippen LogP contribution in [0.3, 0.4) is 0 Å². The highest BCUT2D eigenvalue weighted by atomic mass is 19.3. The average Bonchev–Trinajstić information content (AvgIpc) is 2.71. The van der Waals surface area contributed by atoms with Crippen LogP contribution in [-0.4, -0.2) is 25.3 Å². The van der Waals surface area contributed by atoms with Crippen LogP contribution < -0.4 is 15.7 Å². The van der Waals surface area contributed by atoms with Gasteiger partial charge < -0.3 is 18.6 Å². The Bertz CT molecular complexity index is 1160. The third kappa shape index (κ3) is 5.78. The first-order valence-electron chi connectivity index (χ1n) is 9.08. The molecule has 0 saturated carbocycles. The second-order valence-corrected chi connectivity index (χ2v) is 6.13. The predicted octanol–water partition coefficient (Wildman–Crippen LogP) is 4.32. The summed E-state index contributed by atoms with van der Waals surface area (Å²) in [5.41, 5.74) is 0.201. The van der Waals surface area contributed by atoms with Gasteiger partial charge in [0.1, 0.15) is 17.9 Å². The molecule has 0 aliphatic carbocycles. The highest BCUT2D eigenvalue weighted by Crippen LogP contribution is 2.23. The Kier molecular flexibility index (Phi) is 6.81. The third-order valence-corrected chi connectivity index (χ3v) is 4.01. The number of fused-ring (bicyclic) bond motifs is 1. The summed E-state index contributed by atoms with van der Waals surface area (Å²) >= 11 is 0. The van der Waals surface area contributed by atoms with Crippen LogP contribution in [0, 0.1) is 0 Å². The van der Waals surface area contributed by atoms with Crippen LogP contribution in [0.4, 0.5) is 19.3 Å². The maximum Gasteiger partial charge on any atom is 0.411 e. The van der Waals surface area contributed by atoms with Crippen molar-refractivity contribution in [3.8, 4) is 5.75 Å². The van der Waals surface area contributed by atoms with E-state index in [9.17, 15) is 23.2 Å². The van der Waals surface area contributed by atoms with Gasteiger partial charge in [0.25, 0.3) is 0 Å². The fourth-order valence-electron chi connectivity index (χ4n) is 2.74. The van der Waals surface area contributed by atoms with E-state index in [1.807, 2.05) is 0 Å². The lowest BCUT2D eigenvalue weighted by molar-refractivity contribution is -0.0499. The Balaban J connectivity index is 1.77. The molecule has 10 heteroatoms. The van der Waals surface area contributed by atoms with Crippen molar-refractivity contribution in [3.63, 3.8) is 0 Å². The molecule has 31 heavy (non-hydrogen) atoms. The van der Waals surface area contributed by atoms with E-state index < -0.39 is 24.3 Å². The summed E-state index contributed by atoms with van der Waals surface area (Å²) in [5, 5.41) is 2.97. The van der Waals surface area contributed by atoms with Crippen molar-refractivity contribution in [2.45, 2.75) is 20.1 Å². The first kappa shape index (κ1) is 21.8. The van der Waals surface area contributed by atoms with Gasteiger partial charge in [-0.05, 0) is 37.3 Å². The van der Waals surface area contributed by atoms with Crippen LogP contribution in [0.5, 0.6) is 5.75 Å². The van der Waals surface area contributed by atoms with E-state index in [1.165, 1.54) is 30.3 Å². The van der Waals surface area contributed by atoms with Crippen LogP contribution in [0.1, 0.15) is 22.8 Å². The molecule has 0 atom stereocenters. The molecule has 0 unspecified atom stereocenters. The number of carbonyl (C=O) groups is 2. The minimum absolute atomic E-state index is 0.00587. The monoisotopic (exact) mass is 433 g/mol. The molecule has 0 radical (unpaired) electrons. The van der Waals surface area contributed by atoms with Gasteiger partial charge in [0.05, 0.1) is 12.2 Å². The highest BCUT2D eigenvalue weighted by molar-refractivity contribution is 5.91. The molecule has 8 nitrogen and oxygen atoms in total. The molecule has 2 aromatic carbocycles. The van der Waals surface area contributed by atoms with Crippen LogP contribution in [0.25, 0.3) is 11.0 Å². The predicted molar refractivity (Wildman–Crippen MR) is 105 cm³/mol. The molecule has 162 valence electrons.